The summed E-state index contributed by atoms with van der Waals surface area (Å²) in [7, 11) is 0. The van der Waals surface area contributed by atoms with Crippen LogP contribution in [-0.2, 0) is 0 Å². The van der Waals surface area contributed by atoms with E-state index in [1.165, 1.54) is 0 Å². The average molecular weight is 325 g/mol. The molecule has 0 saturated carbocycles. The van der Waals surface area contributed by atoms with Crippen molar-refractivity contribution >= 4 is 34.8 Å². The monoisotopic (exact) mass is 324 g/mol. The molecule has 2 aromatic carbocycles. The van der Waals surface area contributed by atoms with Crippen LogP contribution in [0.2, 0.25) is 10.0 Å². The van der Waals surface area contributed by atoms with Gasteiger partial charge in [0.15, 0.2) is 0 Å². The van der Waals surface area contributed by atoms with Crippen LogP contribution in [0.3, 0.4) is 0 Å². The quantitative estimate of drug-likeness (QED) is 0.883. The molecule has 0 bridgehead atoms. The zero-order chi connectivity index (χ0) is 15.2. The number of anilines is 1. The standard InChI is InChI=1S/C15H14Cl2N2O2/c16-13-3-1-2-12(14(13)17)15(20)19-10-4-6-11(7-5-10)21-9-8-18/h1-7H,8-9,18H2,(H,19,20). The molecular formula is C15H14Cl2N2O2. The first-order valence-corrected chi connectivity index (χ1v) is 7.05. The highest BCUT2D eigenvalue weighted by atomic mass is 35.5. The predicted octanol–water partition coefficient (Wildman–Crippen LogP) is 3.58. The Morgan fingerprint density at radius 1 is 1.14 bits per heavy atom. The van der Waals surface area contributed by atoms with Gasteiger partial charge in [-0.15, -0.1) is 0 Å². The van der Waals surface area contributed by atoms with Gasteiger partial charge in [0.25, 0.3) is 5.91 Å². The Balaban J connectivity index is 2.07. The van der Waals surface area contributed by atoms with Crippen LogP contribution in [0.4, 0.5) is 5.69 Å². The Hall–Kier alpha value is -1.75. The molecule has 1 amide bonds. The molecule has 0 fully saturated rings. The second kappa shape index (κ2) is 7.31. The fourth-order valence-electron chi connectivity index (χ4n) is 1.69. The summed E-state index contributed by atoms with van der Waals surface area (Å²) in [5.41, 5.74) is 6.32. The van der Waals surface area contributed by atoms with E-state index >= 15 is 0 Å². The number of nitrogens with two attached hydrogens (primary N) is 1. The second-order valence-electron chi connectivity index (χ2n) is 4.22. The number of benzene rings is 2. The Bertz CT molecular complexity index is 630. The van der Waals surface area contributed by atoms with Crippen LogP contribution >= 0.6 is 23.2 Å². The SMILES string of the molecule is NCCOc1ccc(NC(=O)c2cccc(Cl)c2Cl)cc1. The van der Waals surface area contributed by atoms with E-state index in [4.69, 9.17) is 33.7 Å². The number of halogens is 2. The van der Waals surface area contributed by atoms with Gasteiger partial charge in [0, 0.05) is 12.2 Å². The number of rotatable bonds is 5. The van der Waals surface area contributed by atoms with Crippen LogP contribution in [0, 0.1) is 0 Å². The summed E-state index contributed by atoms with van der Waals surface area (Å²) in [5, 5.41) is 3.33. The number of ether oxygens (including phenoxy) is 1. The smallest absolute Gasteiger partial charge is 0.257 e. The third-order valence-electron chi connectivity index (χ3n) is 2.69. The first kappa shape index (κ1) is 15.6. The van der Waals surface area contributed by atoms with Crippen LogP contribution in [0.1, 0.15) is 10.4 Å². The third kappa shape index (κ3) is 4.11. The molecule has 0 atom stereocenters. The molecule has 0 heterocycles. The van der Waals surface area contributed by atoms with Crippen molar-refractivity contribution in [3.8, 4) is 5.75 Å². The van der Waals surface area contributed by atoms with Crippen molar-refractivity contribution < 1.29 is 9.53 Å². The molecule has 2 rings (SSSR count). The van der Waals surface area contributed by atoms with Crippen molar-refractivity contribution in [2.45, 2.75) is 0 Å². The molecule has 4 nitrogen and oxygen atoms in total. The van der Waals surface area contributed by atoms with Crippen molar-refractivity contribution in [3.63, 3.8) is 0 Å². The van der Waals surface area contributed by atoms with Crippen LogP contribution in [0.5, 0.6) is 5.75 Å². The lowest BCUT2D eigenvalue weighted by molar-refractivity contribution is 0.102. The predicted molar refractivity (Wildman–Crippen MR) is 85.4 cm³/mol. The first-order valence-electron chi connectivity index (χ1n) is 6.30. The lowest BCUT2D eigenvalue weighted by atomic mass is 10.2. The molecule has 0 aromatic heterocycles. The largest absolute Gasteiger partial charge is 0.492 e. The maximum absolute atomic E-state index is 12.1. The van der Waals surface area contributed by atoms with E-state index in [1.54, 1.807) is 42.5 Å². The minimum atomic E-state index is -0.321. The van der Waals surface area contributed by atoms with Crippen molar-refractivity contribution in [3.05, 3.63) is 58.1 Å². The molecule has 0 aliphatic carbocycles. The Morgan fingerprint density at radius 2 is 1.86 bits per heavy atom. The topological polar surface area (TPSA) is 64.3 Å². The molecule has 0 saturated heterocycles. The molecule has 0 radical (unpaired) electrons. The highest BCUT2D eigenvalue weighted by Gasteiger charge is 2.12. The minimum absolute atomic E-state index is 0.236. The fraction of sp³-hybridized carbons (Fsp3) is 0.133. The van der Waals surface area contributed by atoms with Gasteiger partial charge < -0.3 is 15.8 Å². The van der Waals surface area contributed by atoms with Gasteiger partial charge in [-0.05, 0) is 36.4 Å². The van der Waals surface area contributed by atoms with Crippen LogP contribution in [0.15, 0.2) is 42.5 Å². The summed E-state index contributed by atoms with van der Waals surface area (Å²) in [6, 6.07) is 11.9. The summed E-state index contributed by atoms with van der Waals surface area (Å²) in [6.45, 7) is 0.898. The molecule has 110 valence electrons. The Morgan fingerprint density at radius 3 is 2.52 bits per heavy atom. The minimum Gasteiger partial charge on any atom is -0.492 e. The van der Waals surface area contributed by atoms with E-state index in [-0.39, 0.29) is 10.9 Å². The van der Waals surface area contributed by atoms with Crippen LogP contribution in [0.25, 0.3) is 0 Å². The normalized spacial score (nSPS) is 10.2. The highest BCUT2D eigenvalue weighted by molar-refractivity contribution is 6.44. The van der Waals surface area contributed by atoms with Crippen LogP contribution in [-0.4, -0.2) is 19.1 Å². The molecule has 0 spiro atoms. The number of nitrogens with one attached hydrogen (secondary N) is 1. The van der Waals surface area contributed by atoms with E-state index in [0.29, 0.717) is 35.2 Å². The molecule has 0 aliphatic rings. The molecule has 21 heavy (non-hydrogen) atoms. The zero-order valence-electron chi connectivity index (χ0n) is 11.1. The molecule has 0 unspecified atom stereocenters. The third-order valence-corrected chi connectivity index (χ3v) is 3.51. The maximum atomic E-state index is 12.1. The van der Waals surface area contributed by atoms with Gasteiger partial charge in [0.2, 0.25) is 0 Å². The van der Waals surface area contributed by atoms with E-state index in [0.717, 1.165) is 0 Å². The Kier molecular flexibility index (Phi) is 5.44. The maximum Gasteiger partial charge on any atom is 0.257 e. The number of carbonyl (C=O) groups is 1. The lowest BCUT2D eigenvalue weighted by Crippen LogP contribution is -2.13. The van der Waals surface area contributed by atoms with Crippen molar-refractivity contribution in [2.24, 2.45) is 5.73 Å². The van der Waals surface area contributed by atoms with Gasteiger partial charge >= 0.3 is 0 Å². The van der Waals surface area contributed by atoms with Crippen LogP contribution < -0.4 is 15.8 Å². The molecule has 0 aliphatic heterocycles. The summed E-state index contributed by atoms with van der Waals surface area (Å²) >= 11 is 11.9. The van der Waals surface area contributed by atoms with E-state index in [1.807, 2.05) is 0 Å². The van der Waals surface area contributed by atoms with Gasteiger partial charge in [0.1, 0.15) is 12.4 Å². The number of amides is 1. The van der Waals surface area contributed by atoms with Gasteiger partial charge in [-0.3, -0.25) is 4.79 Å². The summed E-state index contributed by atoms with van der Waals surface area (Å²) < 4.78 is 5.36. The molecule has 2 aromatic rings. The Labute approximate surface area is 132 Å². The van der Waals surface area contributed by atoms with Gasteiger partial charge in [-0.1, -0.05) is 29.3 Å². The van der Waals surface area contributed by atoms with Gasteiger partial charge in [-0.2, -0.15) is 0 Å². The number of carbonyl (C=O) groups excluding carboxylic acids is 1. The summed E-state index contributed by atoms with van der Waals surface area (Å²) in [4.78, 5) is 12.1. The number of hydrogen-bond donors (Lipinski definition) is 2. The first-order chi connectivity index (χ1) is 10.1. The van der Waals surface area contributed by atoms with E-state index in [9.17, 15) is 4.79 Å². The molecule has 6 heteroatoms. The lowest BCUT2D eigenvalue weighted by Gasteiger charge is -2.09. The fourth-order valence-corrected chi connectivity index (χ4v) is 2.08. The summed E-state index contributed by atoms with van der Waals surface area (Å²) in [6.07, 6.45) is 0. The highest BCUT2D eigenvalue weighted by Crippen LogP contribution is 2.26. The zero-order valence-corrected chi connectivity index (χ0v) is 12.6. The summed E-state index contributed by atoms with van der Waals surface area (Å²) in [5.74, 6) is 0.373. The van der Waals surface area contributed by atoms with Gasteiger partial charge in [0.05, 0.1) is 15.6 Å². The average Bonchev–Trinajstić information content (AvgIpc) is 2.49. The van der Waals surface area contributed by atoms with Gasteiger partial charge in [-0.25, -0.2) is 0 Å². The number of hydrogen-bond acceptors (Lipinski definition) is 3. The van der Waals surface area contributed by atoms with E-state index in [2.05, 4.69) is 5.32 Å². The molecule has 3 N–H and O–H groups in total. The second-order valence-corrected chi connectivity index (χ2v) is 5.00. The van der Waals surface area contributed by atoms with Crippen molar-refractivity contribution in [1.29, 1.82) is 0 Å². The van der Waals surface area contributed by atoms with Crippen molar-refractivity contribution in [2.75, 3.05) is 18.5 Å². The van der Waals surface area contributed by atoms with Crippen molar-refractivity contribution in [1.82, 2.24) is 0 Å². The van der Waals surface area contributed by atoms with E-state index < -0.39 is 0 Å². The molecular weight excluding hydrogens is 311 g/mol.